The van der Waals surface area contributed by atoms with E-state index >= 15 is 0 Å². The molecule has 35 heavy (non-hydrogen) atoms. The van der Waals surface area contributed by atoms with Crippen LogP contribution in [0.5, 0.6) is 0 Å². The van der Waals surface area contributed by atoms with Crippen LogP contribution in [0.4, 0.5) is 0 Å². The Labute approximate surface area is 211 Å². The zero-order chi connectivity index (χ0) is 25.6. The molecule has 5 nitrogen and oxygen atoms in total. The van der Waals surface area contributed by atoms with Crippen LogP contribution in [-0.2, 0) is 27.3 Å². The number of ketones is 1. The molecule has 0 heterocycles. The first-order valence-corrected chi connectivity index (χ1v) is 13.7. The molecule has 1 aromatic rings. The molecule has 3 aliphatic carbocycles. The Bertz CT molecular complexity index is 961. The molecule has 3 aliphatic rings. The Morgan fingerprint density at radius 3 is 2.60 bits per heavy atom. The summed E-state index contributed by atoms with van der Waals surface area (Å²) < 4.78 is 6.37. The van der Waals surface area contributed by atoms with E-state index in [4.69, 9.17) is 10.5 Å². The second kappa shape index (κ2) is 9.63. The molecule has 0 aromatic heterocycles. The van der Waals surface area contributed by atoms with Crippen molar-refractivity contribution in [3.8, 4) is 0 Å². The fourth-order valence-corrected chi connectivity index (χ4v) is 8.08. The third kappa shape index (κ3) is 4.27. The lowest BCUT2D eigenvalue weighted by molar-refractivity contribution is -0.212. The van der Waals surface area contributed by atoms with E-state index in [9.17, 15) is 14.7 Å². The van der Waals surface area contributed by atoms with E-state index in [0.29, 0.717) is 38.0 Å². The second-order valence-electron chi connectivity index (χ2n) is 12.4. The monoisotopic (exact) mass is 483 g/mol. The van der Waals surface area contributed by atoms with Gasteiger partial charge in [0, 0.05) is 30.7 Å². The van der Waals surface area contributed by atoms with Crippen molar-refractivity contribution in [2.24, 2.45) is 39.7 Å². The number of hydrogen-bond acceptors (Lipinski definition) is 5. The minimum Gasteiger partial charge on any atom is -0.462 e. The topological polar surface area (TPSA) is 89.6 Å². The highest BCUT2D eigenvalue weighted by Crippen LogP contribution is 2.68. The average molecular weight is 484 g/mol. The maximum absolute atomic E-state index is 13.5. The first-order valence-electron chi connectivity index (χ1n) is 13.7. The number of rotatable bonds is 6. The molecule has 0 radical (unpaired) electrons. The van der Waals surface area contributed by atoms with Gasteiger partial charge in [-0.2, -0.15) is 0 Å². The molecule has 0 amide bonds. The SMILES string of the molecule is CC[C@]1(C)C[C@@H](OC(=O)CCc2cccc(CN)c2)[C@]2(C)C(C)CCC3(CCC(=O)C32)[C@@H](C)[C@@H]1O. The molecule has 0 aliphatic heterocycles. The molecule has 5 heteroatoms. The smallest absolute Gasteiger partial charge is 0.306 e. The van der Waals surface area contributed by atoms with Gasteiger partial charge in [0.15, 0.2) is 0 Å². The molecule has 8 atom stereocenters. The lowest BCUT2D eigenvalue weighted by atomic mass is 9.43. The number of hydrogen-bond donors (Lipinski definition) is 2. The van der Waals surface area contributed by atoms with Gasteiger partial charge in [-0.05, 0) is 72.3 Å². The van der Waals surface area contributed by atoms with E-state index in [1.54, 1.807) is 0 Å². The number of aryl methyl sites for hydroxylation is 1. The van der Waals surface area contributed by atoms with Crippen LogP contribution in [0.15, 0.2) is 24.3 Å². The van der Waals surface area contributed by atoms with Gasteiger partial charge in [0.25, 0.3) is 0 Å². The van der Waals surface area contributed by atoms with Crippen LogP contribution in [0.25, 0.3) is 0 Å². The summed E-state index contributed by atoms with van der Waals surface area (Å²) in [6.45, 7) is 11.4. The lowest BCUT2D eigenvalue weighted by Gasteiger charge is -2.62. The average Bonchev–Trinajstić information content (AvgIpc) is 3.21. The molecule has 0 saturated heterocycles. The molecular formula is C30H45NO4. The van der Waals surface area contributed by atoms with Crippen LogP contribution in [0.2, 0.25) is 0 Å². The van der Waals surface area contributed by atoms with Gasteiger partial charge in [-0.1, -0.05) is 58.9 Å². The number of aliphatic hydroxyl groups is 1. The van der Waals surface area contributed by atoms with Gasteiger partial charge >= 0.3 is 5.97 Å². The minimum atomic E-state index is -0.529. The van der Waals surface area contributed by atoms with Gasteiger partial charge in [-0.25, -0.2) is 0 Å². The summed E-state index contributed by atoms with van der Waals surface area (Å²) in [5.74, 6) is 0.235. The predicted molar refractivity (Wildman–Crippen MR) is 137 cm³/mol. The molecule has 4 rings (SSSR count). The van der Waals surface area contributed by atoms with E-state index < -0.39 is 11.5 Å². The summed E-state index contributed by atoms with van der Waals surface area (Å²) in [5, 5.41) is 11.7. The summed E-state index contributed by atoms with van der Waals surface area (Å²) in [7, 11) is 0. The molecule has 0 spiro atoms. The maximum Gasteiger partial charge on any atom is 0.306 e. The molecule has 194 valence electrons. The van der Waals surface area contributed by atoms with Crippen molar-refractivity contribution in [3.63, 3.8) is 0 Å². The lowest BCUT2D eigenvalue weighted by Crippen LogP contribution is -2.63. The normalized spacial score (nSPS) is 41.1. The standard InChI is InChI=1S/C30H45NO4/c1-6-28(4)17-24(35-25(33)11-10-21-8-7-9-22(16-21)18-31)29(5)19(2)12-14-30(20(3)27(28)34)15-13-23(32)26(29)30/h7-9,16,19-20,24,26-27,34H,6,10-15,17-18,31H2,1-5H3/t19?,20-,24+,26?,27-,28+,29-,30?/m0/s1. The largest absolute Gasteiger partial charge is 0.462 e. The second-order valence-corrected chi connectivity index (χ2v) is 12.4. The van der Waals surface area contributed by atoms with Gasteiger partial charge in [0.1, 0.15) is 11.9 Å². The van der Waals surface area contributed by atoms with Crippen LogP contribution in [-0.4, -0.2) is 29.1 Å². The maximum atomic E-state index is 13.5. The van der Waals surface area contributed by atoms with Crippen molar-refractivity contribution in [3.05, 3.63) is 35.4 Å². The first-order chi connectivity index (χ1) is 16.5. The zero-order valence-corrected chi connectivity index (χ0v) is 22.3. The highest BCUT2D eigenvalue weighted by atomic mass is 16.5. The van der Waals surface area contributed by atoms with E-state index in [-0.39, 0.29) is 40.7 Å². The van der Waals surface area contributed by atoms with Crippen molar-refractivity contribution < 1.29 is 19.4 Å². The van der Waals surface area contributed by atoms with Crippen molar-refractivity contribution in [1.82, 2.24) is 0 Å². The number of ether oxygens (including phenoxy) is 1. The molecular weight excluding hydrogens is 438 g/mol. The van der Waals surface area contributed by atoms with Crippen molar-refractivity contribution in [2.45, 2.75) is 105 Å². The van der Waals surface area contributed by atoms with Gasteiger partial charge in [-0.3, -0.25) is 9.59 Å². The number of benzene rings is 1. The Morgan fingerprint density at radius 1 is 1.20 bits per heavy atom. The summed E-state index contributed by atoms with van der Waals surface area (Å²) in [6.07, 6.45) is 4.75. The molecule has 3 N–H and O–H groups in total. The van der Waals surface area contributed by atoms with Gasteiger partial charge in [0.2, 0.25) is 0 Å². The van der Waals surface area contributed by atoms with E-state index in [2.05, 4.69) is 34.6 Å². The predicted octanol–water partition coefficient (Wildman–Crippen LogP) is 5.21. The fourth-order valence-electron chi connectivity index (χ4n) is 8.08. The van der Waals surface area contributed by atoms with Gasteiger partial charge in [0.05, 0.1) is 6.10 Å². The summed E-state index contributed by atoms with van der Waals surface area (Å²) >= 11 is 0. The van der Waals surface area contributed by atoms with Gasteiger partial charge in [-0.15, -0.1) is 0 Å². The van der Waals surface area contributed by atoms with Crippen molar-refractivity contribution in [2.75, 3.05) is 0 Å². The van der Waals surface area contributed by atoms with E-state index in [0.717, 1.165) is 36.8 Å². The fraction of sp³-hybridized carbons (Fsp3) is 0.733. The van der Waals surface area contributed by atoms with Crippen LogP contribution in [0.3, 0.4) is 0 Å². The van der Waals surface area contributed by atoms with Crippen molar-refractivity contribution >= 4 is 11.8 Å². The Kier molecular flexibility index (Phi) is 7.25. The molecule has 3 saturated carbocycles. The van der Waals surface area contributed by atoms with Crippen LogP contribution >= 0.6 is 0 Å². The number of esters is 1. The highest BCUT2D eigenvalue weighted by molar-refractivity contribution is 5.85. The minimum absolute atomic E-state index is 0.0437. The summed E-state index contributed by atoms with van der Waals surface area (Å²) in [6, 6.07) is 8.03. The van der Waals surface area contributed by atoms with Crippen LogP contribution in [0, 0.1) is 34.0 Å². The first kappa shape index (κ1) is 26.3. The number of carbonyl (C=O) groups is 2. The molecule has 3 fully saturated rings. The Balaban J connectivity index is 1.66. The number of aliphatic hydroxyl groups excluding tert-OH is 1. The number of Topliss-reactive ketones (excluding diaryl/α,β-unsaturated/α-hetero) is 1. The molecule has 2 bridgehead atoms. The number of nitrogens with two attached hydrogens (primary N) is 1. The summed E-state index contributed by atoms with van der Waals surface area (Å²) in [5.41, 5.74) is 6.90. The quantitative estimate of drug-likeness (QED) is 0.542. The molecule has 1 aromatic carbocycles. The van der Waals surface area contributed by atoms with E-state index in [1.807, 2.05) is 24.3 Å². The summed E-state index contributed by atoms with van der Waals surface area (Å²) in [4.78, 5) is 26.8. The number of carbonyl (C=O) groups excluding carboxylic acids is 2. The van der Waals surface area contributed by atoms with Crippen molar-refractivity contribution in [1.29, 1.82) is 0 Å². The third-order valence-corrected chi connectivity index (χ3v) is 10.8. The van der Waals surface area contributed by atoms with Crippen LogP contribution < -0.4 is 5.73 Å². The molecule has 3 unspecified atom stereocenters. The third-order valence-electron chi connectivity index (χ3n) is 10.8. The highest BCUT2D eigenvalue weighted by Gasteiger charge is 2.68. The van der Waals surface area contributed by atoms with Gasteiger partial charge < -0.3 is 15.6 Å². The Hall–Kier alpha value is -1.72. The zero-order valence-electron chi connectivity index (χ0n) is 22.3. The van der Waals surface area contributed by atoms with Crippen LogP contribution in [0.1, 0.15) is 90.7 Å². The van der Waals surface area contributed by atoms with E-state index in [1.165, 1.54) is 0 Å². The Morgan fingerprint density at radius 2 is 1.91 bits per heavy atom.